The van der Waals surface area contributed by atoms with Crippen molar-refractivity contribution < 1.29 is 4.79 Å². The van der Waals surface area contributed by atoms with Crippen LogP contribution in [0.2, 0.25) is 0 Å². The minimum absolute atomic E-state index is 0.282. The van der Waals surface area contributed by atoms with Crippen molar-refractivity contribution in [3.05, 3.63) is 0 Å². The first-order chi connectivity index (χ1) is 6.59. The van der Waals surface area contributed by atoms with Gasteiger partial charge in [-0.3, -0.25) is 4.79 Å². The van der Waals surface area contributed by atoms with E-state index in [2.05, 4.69) is 17.1 Å². The maximum Gasteiger partial charge on any atom is 0.224 e. The van der Waals surface area contributed by atoms with Crippen molar-refractivity contribution in [1.82, 2.24) is 15.1 Å². The van der Waals surface area contributed by atoms with Crippen molar-refractivity contribution in [3.63, 3.8) is 0 Å². The molecule has 82 valence electrons. The van der Waals surface area contributed by atoms with Crippen LogP contribution in [0, 0.1) is 0 Å². The van der Waals surface area contributed by atoms with Gasteiger partial charge in [-0.2, -0.15) is 0 Å². The third kappa shape index (κ3) is 3.64. The van der Waals surface area contributed by atoms with Crippen molar-refractivity contribution in [2.75, 3.05) is 40.3 Å². The number of hydrogen-bond donors (Lipinski definition) is 1. The van der Waals surface area contributed by atoms with Crippen LogP contribution in [0.4, 0.5) is 0 Å². The average molecular weight is 199 g/mol. The molecule has 1 amide bonds. The minimum atomic E-state index is 0.282. The molecule has 0 spiro atoms. The van der Waals surface area contributed by atoms with E-state index in [-0.39, 0.29) is 5.91 Å². The largest absolute Gasteiger partial charge is 0.340 e. The molecule has 0 aromatic carbocycles. The molecule has 1 heterocycles. The van der Waals surface area contributed by atoms with Crippen molar-refractivity contribution in [2.24, 2.45) is 0 Å². The Bertz CT molecular complexity index is 194. The molecule has 0 bridgehead atoms. The molecule has 0 aromatic heterocycles. The summed E-state index contributed by atoms with van der Waals surface area (Å²) in [5.74, 6) is 0.282. The number of carbonyl (C=O) groups excluding carboxylic acids is 1. The summed E-state index contributed by atoms with van der Waals surface area (Å²) in [7, 11) is 4.06. The van der Waals surface area contributed by atoms with E-state index in [0.717, 1.165) is 26.2 Å². The van der Waals surface area contributed by atoms with Crippen LogP contribution in [0.1, 0.15) is 13.3 Å². The third-order valence-corrected chi connectivity index (χ3v) is 2.53. The van der Waals surface area contributed by atoms with Crippen molar-refractivity contribution in [2.45, 2.75) is 19.4 Å². The lowest BCUT2D eigenvalue weighted by atomic mass is 10.2. The summed E-state index contributed by atoms with van der Waals surface area (Å²) in [6.45, 7) is 5.62. The highest BCUT2D eigenvalue weighted by molar-refractivity contribution is 5.77. The van der Waals surface area contributed by atoms with E-state index in [1.54, 1.807) is 0 Å². The fourth-order valence-electron chi connectivity index (χ4n) is 1.59. The zero-order chi connectivity index (χ0) is 10.6. The summed E-state index contributed by atoms with van der Waals surface area (Å²) in [5, 5.41) is 3.32. The zero-order valence-corrected chi connectivity index (χ0v) is 9.42. The van der Waals surface area contributed by atoms with Gasteiger partial charge >= 0.3 is 0 Å². The normalized spacial score (nSPS) is 24.1. The molecule has 1 fully saturated rings. The molecule has 0 aromatic rings. The van der Waals surface area contributed by atoms with Gasteiger partial charge in [0.15, 0.2) is 0 Å². The first kappa shape index (κ1) is 11.5. The van der Waals surface area contributed by atoms with Crippen LogP contribution in [0.25, 0.3) is 0 Å². The molecule has 1 saturated heterocycles. The summed E-state index contributed by atoms with van der Waals surface area (Å²) in [4.78, 5) is 15.8. The zero-order valence-electron chi connectivity index (χ0n) is 9.42. The maximum atomic E-state index is 11.7. The molecule has 1 aliphatic heterocycles. The van der Waals surface area contributed by atoms with Gasteiger partial charge in [-0.15, -0.1) is 0 Å². The van der Waals surface area contributed by atoms with E-state index in [0.29, 0.717) is 12.5 Å². The topological polar surface area (TPSA) is 35.6 Å². The summed E-state index contributed by atoms with van der Waals surface area (Å²) in [5.41, 5.74) is 0. The molecule has 1 aliphatic rings. The smallest absolute Gasteiger partial charge is 0.224 e. The molecule has 4 heteroatoms. The number of amides is 1. The second-order valence-corrected chi connectivity index (χ2v) is 4.24. The Balaban J connectivity index is 2.39. The predicted molar refractivity (Wildman–Crippen MR) is 57.2 cm³/mol. The third-order valence-electron chi connectivity index (χ3n) is 2.53. The summed E-state index contributed by atoms with van der Waals surface area (Å²) >= 11 is 0. The number of hydrogen-bond acceptors (Lipinski definition) is 3. The molecule has 1 atom stereocenters. The van der Waals surface area contributed by atoms with Gasteiger partial charge in [-0.25, -0.2) is 0 Å². The Kier molecular flexibility index (Phi) is 4.35. The van der Waals surface area contributed by atoms with Crippen molar-refractivity contribution in [3.8, 4) is 0 Å². The van der Waals surface area contributed by atoms with Gasteiger partial charge in [0.2, 0.25) is 5.91 Å². The van der Waals surface area contributed by atoms with Crippen LogP contribution in [-0.4, -0.2) is 62.0 Å². The highest BCUT2D eigenvalue weighted by Gasteiger charge is 2.19. The fourth-order valence-corrected chi connectivity index (χ4v) is 1.59. The second kappa shape index (κ2) is 5.32. The Morgan fingerprint density at radius 2 is 2.29 bits per heavy atom. The average Bonchev–Trinajstić information content (AvgIpc) is 2.23. The molecule has 0 aliphatic carbocycles. The van der Waals surface area contributed by atoms with E-state index >= 15 is 0 Å². The summed E-state index contributed by atoms with van der Waals surface area (Å²) in [6.07, 6.45) is 0.632. The standard InChI is InChI=1S/C10H21N3O/c1-9-8-10(14)13(5-4-11-9)7-6-12(2)3/h9,11H,4-8H2,1-3H3. The molecular weight excluding hydrogens is 178 g/mol. The maximum absolute atomic E-state index is 11.7. The molecule has 0 radical (unpaired) electrons. The lowest BCUT2D eigenvalue weighted by Gasteiger charge is -2.22. The fraction of sp³-hybridized carbons (Fsp3) is 0.900. The molecule has 4 nitrogen and oxygen atoms in total. The van der Waals surface area contributed by atoms with E-state index in [1.165, 1.54) is 0 Å². The molecule has 0 saturated carbocycles. The number of carbonyl (C=O) groups is 1. The van der Waals surface area contributed by atoms with E-state index in [4.69, 9.17) is 0 Å². The number of nitrogens with one attached hydrogen (secondary N) is 1. The number of nitrogens with zero attached hydrogens (tertiary/aromatic N) is 2. The van der Waals surface area contributed by atoms with Crippen LogP contribution in [0.5, 0.6) is 0 Å². The first-order valence-electron chi connectivity index (χ1n) is 5.25. The van der Waals surface area contributed by atoms with Gasteiger partial charge in [-0.05, 0) is 21.0 Å². The quantitative estimate of drug-likeness (QED) is 0.681. The van der Waals surface area contributed by atoms with Crippen LogP contribution in [0.15, 0.2) is 0 Å². The number of rotatable bonds is 3. The lowest BCUT2D eigenvalue weighted by Crippen LogP contribution is -2.37. The lowest BCUT2D eigenvalue weighted by molar-refractivity contribution is -0.130. The second-order valence-electron chi connectivity index (χ2n) is 4.24. The Morgan fingerprint density at radius 3 is 2.93 bits per heavy atom. The van der Waals surface area contributed by atoms with Gasteiger partial charge in [0.1, 0.15) is 0 Å². The van der Waals surface area contributed by atoms with Crippen LogP contribution in [-0.2, 0) is 4.79 Å². The van der Waals surface area contributed by atoms with Gasteiger partial charge in [0.05, 0.1) is 0 Å². The SMILES string of the molecule is CC1CC(=O)N(CCN(C)C)CCN1. The minimum Gasteiger partial charge on any atom is -0.340 e. The first-order valence-corrected chi connectivity index (χ1v) is 5.25. The van der Waals surface area contributed by atoms with Crippen LogP contribution < -0.4 is 5.32 Å². The number of likely N-dealkylation sites (N-methyl/N-ethyl adjacent to an activating group) is 1. The van der Waals surface area contributed by atoms with Crippen molar-refractivity contribution >= 4 is 5.91 Å². The molecular formula is C10H21N3O. The molecule has 1 rings (SSSR count). The van der Waals surface area contributed by atoms with Crippen LogP contribution in [0.3, 0.4) is 0 Å². The predicted octanol–water partition coefficient (Wildman–Crippen LogP) is -0.242. The van der Waals surface area contributed by atoms with E-state index < -0.39 is 0 Å². The van der Waals surface area contributed by atoms with Gasteiger partial charge in [0, 0.05) is 38.6 Å². The van der Waals surface area contributed by atoms with Gasteiger partial charge in [-0.1, -0.05) is 0 Å². The Hall–Kier alpha value is -0.610. The highest BCUT2D eigenvalue weighted by atomic mass is 16.2. The Labute approximate surface area is 86.2 Å². The van der Waals surface area contributed by atoms with Gasteiger partial charge < -0.3 is 15.1 Å². The summed E-state index contributed by atoms with van der Waals surface area (Å²) in [6, 6.07) is 0.326. The van der Waals surface area contributed by atoms with E-state index in [1.807, 2.05) is 19.0 Å². The molecule has 1 N–H and O–H groups in total. The van der Waals surface area contributed by atoms with Gasteiger partial charge in [0.25, 0.3) is 0 Å². The van der Waals surface area contributed by atoms with Crippen LogP contribution >= 0.6 is 0 Å². The van der Waals surface area contributed by atoms with E-state index in [9.17, 15) is 4.79 Å². The molecule has 1 unspecified atom stereocenters. The van der Waals surface area contributed by atoms with Crippen molar-refractivity contribution in [1.29, 1.82) is 0 Å². The Morgan fingerprint density at radius 1 is 1.57 bits per heavy atom. The molecule has 14 heavy (non-hydrogen) atoms. The highest BCUT2D eigenvalue weighted by Crippen LogP contribution is 2.02. The monoisotopic (exact) mass is 199 g/mol. The summed E-state index contributed by atoms with van der Waals surface area (Å²) < 4.78 is 0.